The first-order chi connectivity index (χ1) is 13.0. The molecule has 3 atom stereocenters. The summed E-state index contributed by atoms with van der Waals surface area (Å²) in [6.45, 7) is 7.09. The number of nitrogens with zero attached hydrogens (tertiary/aromatic N) is 2. The van der Waals surface area contributed by atoms with Gasteiger partial charge in [0.1, 0.15) is 11.9 Å². The lowest BCUT2D eigenvalue weighted by molar-refractivity contribution is -0.0209. The fourth-order valence-electron chi connectivity index (χ4n) is 4.90. The molecule has 4 heteroatoms. The molecule has 2 aromatic carbocycles. The number of aromatic nitrogens is 1. The van der Waals surface area contributed by atoms with Crippen molar-refractivity contribution in [2.24, 2.45) is 0 Å². The Balaban J connectivity index is 1.70. The second-order valence-corrected chi connectivity index (χ2v) is 8.18. The number of ether oxygens (including phenoxy) is 1. The highest BCUT2D eigenvalue weighted by molar-refractivity contribution is 5.87. The Kier molecular flexibility index (Phi) is 3.88. The van der Waals surface area contributed by atoms with E-state index in [-0.39, 0.29) is 18.0 Å². The van der Waals surface area contributed by atoms with Crippen molar-refractivity contribution in [3.05, 3.63) is 70.7 Å². The molecular weight excluding hydrogens is 339 g/mol. The molecule has 3 unspecified atom stereocenters. The van der Waals surface area contributed by atoms with E-state index in [1.165, 1.54) is 39.9 Å². The van der Waals surface area contributed by atoms with Crippen molar-refractivity contribution in [1.82, 2.24) is 9.47 Å². The van der Waals surface area contributed by atoms with E-state index in [0.29, 0.717) is 5.92 Å². The van der Waals surface area contributed by atoms with Gasteiger partial charge in [0.2, 0.25) is 0 Å². The van der Waals surface area contributed by atoms with Gasteiger partial charge in [-0.05, 0) is 56.3 Å². The minimum absolute atomic E-state index is 0.0718. The Labute approximate surface area is 159 Å². The van der Waals surface area contributed by atoms with Gasteiger partial charge in [-0.1, -0.05) is 23.8 Å². The monoisotopic (exact) mass is 364 g/mol. The van der Waals surface area contributed by atoms with E-state index in [9.17, 15) is 4.39 Å². The van der Waals surface area contributed by atoms with Crippen molar-refractivity contribution in [1.29, 1.82) is 0 Å². The van der Waals surface area contributed by atoms with Crippen LogP contribution in [0.15, 0.2) is 42.5 Å². The van der Waals surface area contributed by atoms with E-state index >= 15 is 0 Å². The summed E-state index contributed by atoms with van der Waals surface area (Å²) in [7, 11) is 2.19. The van der Waals surface area contributed by atoms with Gasteiger partial charge in [-0.2, -0.15) is 0 Å². The number of rotatable bonds is 1. The van der Waals surface area contributed by atoms with Crippen molar-refractivity contribution in [3.8, 4) is 0 Å². The van der Waals surface area contributed by atoms with Crippen molar-refractivity contribution >= 4 is 10.9 Å². The first-order valence-electron chi connectivity index (χ1n) is 9.72. The van der Waals surface area contributed by atoms with E-state index in [2.05, 4.69) is 48.6 Å². The third-order valence-electron chi connectivity index (χ3n) is 6.19. The average molecular weight is 364 g/mol. The summed E-state index contributed by atoms with van der Waals surface area (Å²) in [5, 5.41) is 1.37. The van der Waals surface area contributed by atoms with Gasteiger partial charge in [0.05, 0.1) is 12.6 Å². The topological polar surface area (TPSA) is 17.4 Å². The van der Waals surface area contributed by atoms with Crippen LogP contribution >= 0.6 is 0 Å². The highest BCUT2D eigenvalue weighted by Gasteiger charge is 2.38. The third-order valence-corrected chi connectivity index (χ3v) is 6.19. The van der Waals surface area contributed by atoms with Crippen LogP contribution in [0.2, 0.25) is 0 Å². The Morgan fingerprint density at radius 3 is 2.63 bits per heavy atom. The molecule has 0 fully saturated rings. The molecule has 3 aromatic rings. The maximum absolute atomic E-state index is 13.4. The van der Waals surface area contributed by atoms with E-state index < -0.39 is 0 Å². The lowest BCUT2D eigenvalue weighted by atomic mass is 9.91. The van der Waals surface area contributed by atoms with Crippen LogP contribution in [-0.4, -0.2) is 29.2 Å². The second-order valence-electron chi connectivity index (χ2n) is 8.18. The minimum Gasteiger partial charge on any atom is -0.368 e. The van der Waals surface area contributed by atoms with E-state index in [1.807, 2.05) is 12.1 Å². The van der Waals surface area contributed by atoms with Gasteiger partial charge in [-0.3, -0.25) is 0 Å². The Morgan fingerprint density at radius 1 is 1.07 bits per heavy atom. The van der Waals surface area contributed by atoms with E-state index in [1.54, 1.807) is 0 Å². The highest BCUT2D eigenvalue weighted by Crippen LogP contribution is 2.43. The van der Waals surface area contributed by atoms with Gasteiger partial charge in [0.15, 0.2) is 0 Å². The maximum atomic E-state index is 13.4. The van der Waals surface area contributed by atoms with Crippen LogP contribution in [0.4, 0.5) is 4.39 Å². The van der Waals surface area contributed by atoms with Gasteiger partial charge in [0.25, 0.3) is 0 Å². The molecule has 0 amide bonds. The molecular formula is C23H25FN2O. The summed E-state index contributed by atoms with van der Waals surface area (Å²) in [5.74, 6) is 0.139. The highest BCUT2D eigenvalue weighted by atomic mass is 19.1. The second kappa shape index (κ2) is 6.18. The minimum atomic E-state index is -0.206. The standard InChI is InChI=1S/C23H25FN2O/c1-14-4-9-21-18(10-14)20-12-25(3)11-19-15(2)27-22(13-26(21)23(19)20)16-5-7-17(24)8-6-16/h4-10,15,19,22H,11-13H2,1-3H3. The predicted molar refractivity (Wildman–Crippen MR) is 105 cm³/mol. The van der Waals surface area contributed by atoms with Crippen molar-refractivity contribution in [2.75, 3.05) is 13.6 Å². The summed E-state index contributed by atoms with van der Waals surface area (Å²) < 4.78 is 22.4. The predicted octanol–water partition coefficient (Wildman–Crippen LogP) is 4.78. The lowest BCUT2D eigenvalue weighted by Gasteiger charge is -2.33. The number of hydrogen-bond acceptors (Lipinski definition) is 2. The molecule has 5 rings (SSSR count). The Hall–Kier alpha value is -2.17. The summed E-state index contributed by atoms with van der Waals surface area (Å²) >= 11 is 0. The number of fused-ring (bicyclic) bond motifs is 3. The molecule has 0 bridgehead atoms. The molecule has 2 aliphatic heterocycles. The number of aryl methyl sites for hydroxylation is 1. The Morgan fingerprint density at radius 2 is 1.85 bits per heavy atom. The number of likely N-dealkylation sites (N-methyl/N-ethyl adjacent to an activating group) is 1. The molecule has 1 aromatic heterocycles. The molecule has 0 saturated heterocycles. The van der Waals surface area contributed by atoms with Gasteiger partial charge in [0, 0.05) is 35.6 Å². The molecule has 0 N–H and O–H groups in total. The summed E-state index contributed by atoms with van der Waals surface area (Å²) in [5.41, 5.74) is 6.51. The van der Waals surface area contributed by atoms with Crippen LogP contribution in [0.25, 0.3) is 10.9 Å². The van der Waals surface area contributed by atoms with Crippen LogP contribution in [0.5, 0.6) is 0 Å². The quantitative estimate of drug-likeness (QED) is 0.618. The smallest absolute Gasteiger partial charge is 0.123 e. The van der Waals surface area contributed by atoms with Crippen molar-refractivity contribution in [3.63, 3.8) is 0 Å². The Bertz CT molecular complexity index is 1010. The molecule has 2 aliphatic rings. The molecule has 0 aliphatic carbocycles. The number of halogens is 1. The maximum Gasteiger partial charge on any atom is 0.123 e. The van der Waals surface area contributed by atoms with Gasteiger partial charge in [-0.15, -0.1) is 0 Å². The van der Waals surface area contributed by atoms with Crippen LogP contribution in [-0.2, 0) is 17.8 Å². The van der Waals surface area contributed by atoms with Gasteiger partial charge >= 0.3 is 0 Å². The molecule has 27 heavy (non-hydrogen) atoms. The van der Waals surface area contributed by atoms with E-state index in [4.69, 9.17) is 4.74 Å². The van der Waals surface area contributed by atoms with Crippen molar-refractivity contribution in [2.45, 2.75) is 45.1 Å². The van der Waals surface area contributed by atoms with Crippen LogP contribution in [0.3, 0.4) is 0 Å². The zero-order chi connectivity index (χ0) is 18.7. The van der Waals surface area contributed by atoms with Crippen LogP contribution in [0.1, 0.15) is 41.3 Å². The molecule has 3 nitrogen and oxygen atoms in total. The SMILES string of the molecule is Cc1ccc2c(c1)c1c3n2CC(c2ccc(F)cc2)OC(C)C3CN(C)C1. The molecule has 3 heterocycles. The fourth-order valence-corrected chi connectivity index (χ4v) is 4.90. The van der Waals surface area contributed by atoms with Crippen LogP contribution < -0.4 is 0 Å². The summed E-state index contributed by atoms with van der Waals surface area (Å²) in [4.78, 5) is 2.40. The summed E-state index contributed by atoms with van der Waals surface area (Å²) in [6.07, 6.45) is 0.0331. The van der Waals surface area contributed by atoms with E-state index in [0.717, 1.165) is 25.2 Å². The molecule has 0 saturated carbocycles. The zero-order valence-corrected chi connectivity index (χ0v) is 16.1. The first-order valence-corrected chi connectivity index (χ1v) is 9.72. The summed E-state index contributed by atoms with van der Waals surface area (Å²) in [6, 6.07) is 13.5. The largest absolute Gasteiger partial charge is 0.368 e. The fraction of sp³-hybridized carbons (Fsp3) is 0.391. The zero-order valence-electron chi connectivity index (χ0n) is 16.1. The molecule has 140 valence electrons. The normalized spacial score (nSPS) is 25.4. The third kappa shape index (κ3) is 2.70. The van der Waals surface area contributed by atoms with Crippen LogP contribution in [0, 0.1) is 12.7 Å². The average Bonchev–Trinajstić information content (AvgIpc) is 2.85. The van der Waals surface area contributed by atoms with Gasteiger partial charge in [-0.25, -0.2) is 4.39 Å². The van der Waals surface area contributed by atoms with Crippen molar-refractivity contribution < 1.29 is 9.13 Å². The molecule has 0 spiro atoms. The lowest BCUT2D eigenvalue weighted by Crippen LogP contribution is -2.36. The molecule has 0 radical (unpaired) electrons. The van der Waals surface area contributed by atoms with Gasteiger partial charge < -0.3 is 14.2 Å². The first kappa shape index (κ1) is 17.0. The number of hydrogen-bond donors (Lipinski definition) is 0. The number of benzene rings is 2.